The molecule has 0 fully saturated rings. The minimum atomic E-state index is -1.21. The number of anilines is 3. The first-order chi connectivity index (χ1) is 19.1. The van der Waals surface area contributed by atoms with E-state index in [4.69, 9.17) is 19.7 Å². The Morgan fingerprint density at radius 1 is 1.12 bits per heavy atom. The molecule has 2 heterocycles. The van der Waals surface area contributed by atoms with E-state index in [1.807, 2.05) is 0 Å². The van der Waals surface area contributed by atoms with Crippen LogP contribution in [-0.4, -0.2) is 50.6 Å². The van der Waals surface area contributed by atoms with Gasteiger partial charge in [0.1, 0.15) is 11.8 Å². The molecular formula is C28H28N6O6. The molecule has 12 heteroatoms. The van der Waals surface area contributed by atoms with Crippen LogP contribution in [0.4, 0.5) is 21.9 Å². The van der Waals surface area contributed by atoms with E-state index in [9.17, 15) is 14.9 Å². The highest BCUT2D eigenvalue weighted by Crippen LogP contribution is 2.36. The van der Waals surface area contributed by atoms with Crippen molar-refractivity contribution >= 4 is 34.6 Å². The summed E-state index contributed by atoms with van der Waals surface area (Å²) in [4.78, 5) is 23.6. The summed E-state index contributed by atoms with van der Waals surface area (Å²) in [6.07, 6.45) is 1.74. The fourth-order valence-electron chi connectivity index (χ4n) is 3.94. The number of rotatable bonds is 10. The maximum atomic E-state index is 12.4. The molecule has 4 rings (SSSR count). The number of hydrogen-bond acceptors (Lipinski definition) is 8. The number of carbonyl (C=O) groups excluding carboxylic acids is 1. The number of para-hydroxylation sites is 2. The number of fused-ring (bicyclic) bond motifs is 1. The number of aliphatic hydroxyl groups excluding tert-OH is 1. The Hall–Kier alpha value is -5.28. The van der Waals surface area contributed by atoms with Crippen LogP contribution in [0.25, 0.3) is 5.52 Å². The number of aryl methyl sites for hydroxylation is 1. The van der Waals surface area contributed by atoms with Crippen LogP contribution < -0.4 is 25.4 Å². The van der Waals surface area contributed by atoms with Crippen molar-refractivity contribution in [3.8, 4) is 23.3 Å². The molecule has 206 valence electrons. The van der Waals surface area contributed by atoms with Crippen LogP contribution >= 0.6 is 0 Å². The summed E-state index contributed by atoms with van der Waals surface area (Å²) in [7, 11) is 0. The zero-order chi connectivity index (χ0) is 28.9. The van der Waals surface area contributed by atoms with Crippen LogP contribution in [-0.2, 0) is 4.79 Å². The van der Waals surface area contributed by atoms with Crippen LogP contribution in [0.2, 0.25) is 0 Å². The van der Waals surface area contributed by atoms with Gasteiger partial charge in [0, 0.05) is 17.8 Å². The van der Waals surface area contributed by atoms with Crippen LogP contribution in [0.3, 0.4) is 0 Å². The van der Waals surface area contributed by atoms with Crippen molar-refractivity contribution in [3.05, 3.63) is 72.1 Å². The minimum Gasteiger partial charge on any atom is -0.474 e. The number of carboxylic acid groups (broad SMARTS) is 1. The lowest BCUT2D eigenvalue weighted by molar-refractivity contribution is -0.134. The van der Waals surface area contributed by atoms with Gasteiger partial charge in [-0.15, -0.1) is 0 Å². The van der Waals surface area contributed by atoms with Crippen molar-refractivity contribution in [2.45, 2.75) is 26.4 Å². The van der Waals surface area contributed by atoms with Crippen molar-refractivity contribution in [2.75, 3.05) is 23.8 Å². The lowest BCUT2D eigenvalue weighted by Crippen LogP contribution is -2.47. The number of aromatic nitrogens is 2. The maximum absolute atomic E-state index is 12.4. The Bertz CT molecular complexity index is 1590. The Morgan fingerprint density at radius 2 is 1.82 bits per heavy atom. The van der Waals surface area contributed by atoms with Gasteiger partial charge in [0.25, 0.3) is 5.91 Å². The normalized spacial score (nSPS) is 11.0. The third-order valence-electron chi connectivity index (χ3n) is 5.93. The molecule has 0 aliphatic rings. The van der Waals surface area contributed by atoms with Crippen molar-refractivity contribution in [3.63, 3.8) is 0 Å². The fraction of sp³-hybridized carbons (Fsp3) is 0.214. The highest BCUT2D eigenvalue weighted by Gasteiger charge is 2.30. The number of carbonyl (C=O) groups is 2. The van der Waals surface area contributed by atoms with E-state index in [0.29, 0.717) is 45.4 Å². The highest BCUT2D eigenvalue weighted by molar-refractivity contribution is 5.92. The maximum Gasteiger partial charge on any atom is 0.409 e. The van der Waals surface area contributed by atoms with Crippen molar-refractivity contribution in [1.82, 2.24) is 14.9 Å². The Balaban J connectivity index is 1.55. The largest absolute Gasteiger partial charge is 0.474 e. The monoisotopic (exact) mass is 544 g/mol. The second-order valence-electron chi connectivity index (χ2n) is 9.23. The average Bonchev–Trinajstić information content (AvgIpc) is 3.24. The number of aliphatic hydroxyl groups is 1. The summed E-state index contributed by atoms with van der Waals surface area (Å²) >= 11 is 0. The molecule has 0 radical (unpaired) electrons. The van der Waals surface area contributed by atoms with E-state index >= 15 is 0 Å². The van der Waals surface area contributed by atoms with Gasteiger partial charge in [-0.25, -0.2) is 9.31 Å². The van der Waals surface area contributed by atoms with E-state index in [-0.39, 0.29) is 24.6 Å². The molecule has 0 saturated heterocycles. The van der Waals surface area contributed by atoms with E-state index in [1.165, 1.54) is 10.7 Å². The SMILES string of the molecule is Cc1c(NC(=O)O)cn2ncc(C#N)c(Nc3ccc(Oc4ccccc4OC(C)(C)C(=O)NCCO)cc3)c12. The predicted molar refractivity (Wildman–Crippen MR) is 147 cm³/mol. The number of amides is 2. The fourth-order valence-corrected chi connectivity index (χ4v) is 3.94. The van der Waals surface area contributed by atoms with Crippen molar-refractivity contribution < 1.29 is 29.3 Å². The molecule has 2 amide bonds. The van der Waals surface area contributed by atoms with Crippen LogP contribution in [0.5, 0.6) is 17.2 Å². The lowest BCUT2D eigenvalue weighted by atomic mass is 10.1. The van der Waals surface area contributed by atoms with Gasteiger partial charge < -0.3 is 30.3 Å². The average molecular weight is 545 g/mol. The summed E-state index contributed by atoms with van der Waals surface area (Å²) in [5, 5.41) is 40.2. The first kappa shape index (κ1) is 27.7. The summed E-state index contributed by atoms with van der Waals surface area (Å²) < 4.78 is 13.5. The molecule has 2 aromatic carbocycles. The van der Waals surface area contributed by atoms with Crippen molar-refractivity contribution in [2.24, 2.45) is 0 Å². The molecule has 40 heavy (non-hydrogen) atoms. The number of benzene rings is 2. The summed E-state index contributed by atoms with van der Waals surface area (Å²) in [5.74, 6) is 0.881. The summed E-state index contributed by atoms with van der Waals surface area (Å²) in [5.41, 5.74) is 1.72. The van der Waals surface area contributed by atoms with E-state index < -0.39 is 11.7 Å². The zero-order valence-corrected chi connectivity index (χ0v) is 22.1. The van der Waals surface area contributed by atoms with Crippen LogP contribution in [0.15, 0.2) is 60.9 Å². The molecule has 0 unspecified atom stereocenters. The standard InChI is InChI=1S/C28H28N6O6/c1-17-21(33-27(37)38)16-34-25(17)24(18(14-29)15-31-34)32-19-8-10-20(11-9-19)39-22-6-4-5-7-23(22)40-28(2,3)26(36)30-12-13-35/h4-11,15-16,32-33,35H,12-13H2,1-3H3,(H,30,36)(H,37,38). The number of ether oxygens (including phenoxy) is 2. The topological polar surface area (TPSA) is 170 Å². The van der Waals surface area contributed by atoms with E-state index in [0.717, 1.165) is 0 Å². The minimum absolute atomic E-state index is 0.121. The third-order valence-corrected chi connectivity index (χ3v) is 5.93. The number of hydrogen-bond donors (Lipinski definition) is 5. The van der Waals surface area contributed by atoms with Crippen molar-refractivity contribution in [1.29, 1.82) is 5.26 Å². The van der Waals surface area contributed by atoms with Gasteiger partial charge in [-0.3, -0.25) is 10.1 Å². The second-order valence-corrected chi connectivity index (χ2v) is 9.23. The smallest absolute Gasteiger partial charge is 0.409 e. The summed E-state index contributed by atoms with van der Waals surface area (Å²) in [6.45, 7) is 4.92. The highest BCUT2D eigenvalue weighted by atomic mass is 16.5. The van der Waals surface area contributed by atoms with Crippen LogP contribution in [0.1, 0.15) is 25.0 Å². The third kappa shape index (κ3) is 6.06. The molecule has 4 aromatic rings. The molecule has 2 aromatic heterocycles. The molecule has 0 spiro atoms. The van der Waals surface area contributed by atoms with Gasteiger partial charge in [0.05, 0.1) is 41.5 Å². The molecular weight excluding hydrogens is 516 g/mol. The number of nitrogens with zero attached hydrogens (tertiary/aromatic N) is 3. The molecule has 0 bridgehead atoms. The van der Waals surface area contributed by atoms with Gasteiger partial charge in [0.15, 0.2) is 17.1 Å². The van der Waals surface area contributed by atoms with Crippen LogP contribution in [0, 0.1) is 18.3 Å². The Kier molecular flexibility index (Phi) is 8.07. The van der Waals surface area contributed by atoms with Gasteiger partial charge in [-0.2, -0.15) is 10.4 Å². The van der Waals surface area contributed by atoms with Gasteiger partial charge in [0.2, 0.25) is 0 Å². The zero-order valence-electron chi connectivity index (χ0n) is 22.1. The van der Waals surface area contributed by atoms with E-state index in [1.54, 1.807) is 75.5 Å². The van der Waals surface area contributed by atoms with Gasteiger partial charge >= 0.3 is 6.09 Å². The quantitative estimate of drug-likeness (QED) is 0.194. The number of nitrogens with one attached hydrogen (secondary N) is 3. The first-order valence-electron chi connectivity index (χ1n) is 12.3. The predicted octanol–water partition coefficient (Wildman–Crippen LogP) is 4.41. The molecule has 12 nitrogen and oxygen atoms in total. The molecule has 0 atom stereocenters. The molecule has 5 N–H and O–H groups in total. The molecule has 0 aliphatic carbocycles. The van der Waals surface area contributed by atoms with Gasteiger partial charge in [-0.05, 0) is 57.2 Å². The first-order valence-corrected chi connectivity index (χ1v) is 12.3. The molecule has 0 aliphatic heterocycles. The number of nitriles is 1. The Morgan fingerprint density at radius 3 is 2.48 bits per heavy atom. The second kappa shape index (κ2) is 11.6. The van der Waals surface area contributed by atoms with Gasteiger partial charge in [-0.1, -0.05) is 12.1 Å². The molecule has 0 saturated carbocycles. The lowest BCUT2D eigenvalue weighted by Gasteiger charge is -2.26. The Labute approximate surface area is 229 Å². The summed E-state index contributed by atoms with van der Waals surface area (Å²) in [6, 6.07) is 16.0. The van der Waals surface area contributed by atoms with E-state index in [2.05, 4.69) is 27.1 Å².